The van der Waals surface area contributed by atoms with Crippen LogP contribution >= 0.6 is 11.3 Å². The van der Waals surface area contributed by atoms with E-state index in [4.69, 9.17) is 12.8 Å². The van der Waals surface area contributed by atoms with E-state index in [-0.39, 0.29) is 0 Å². The Morgan fingerprint density at radius 3 is 2.57 bits per heavy atom. The third-order valence-electron chi connectivity index (χ3n) is 5.40. The predicted octanol–water partition coefficient (Wildman–Crippen LogP) is 5.65. The number of aromatic nitrogens is 2. The van der Waals surface area contributed by atoms with Crippen LogP contribution in [-0.2, 0) is 0 Å². The smallest absolute Gasteiger partial charge is 0.139 e. The van der Waals surface area contributed by atoms with Gasteiger partial charge in [0.15, 0.2) is 0 Å². The molecule has 6 rings (SSSR count). The van der Waals surface area contributed by atoms with Crippen molar-refractivity contribution >= 4 is 66.8 Å². The summed E-state index contributed by atoms with van der Waals surface area (Å²) >= 11 is 1.75. The second-order valence-corrected chi connectivity index (χ2v) is 8.28. The first-order valence-electron chi connectivity index (χ1n) is 9.28. The minimum Gasteiger partial charge on any atom is -0.294 e. The van der Waals surface area contributed by atoms with E-state index in [1.807, 2.05) is 6.07 Å². The van der Waals surface area contributed by atoms with Crippen LogP contribution < -0.4 is 5.46 Å². The largest absolute Gasteiger partial charge is 0.294 e. The van der Waals surface area contributed by atoms with Gasteiger partial charge in [-0.15, -0.1) is 11.3 Å². The van der Waals surface area contributed by atoms with Crippen molar-refractivity contribution in [3.05, 3.63) is 78.4 Å². The molecule has 28 heavy (non-hydrogen) atoms. The molecule has 0 unspecified atom stereocenters. The maximum absolute atomic E-state index is 6.09. The summed E-state index contributed by atoms with van der Waals surface area (Å²) in [4.78, 5) is 6.12. The van der Waals surface area contributed by atoms with Gasteiger partial charge in [-0.05, 0) is 42.8 Å². The average Bonchev–Trinajstić information content (AvgIpc) is 3.22. The monoisotopic (exact) mass is 374 g/mol. The van der Waals surface area contributed by atoms with E-state index in [2.05, 4.69) is 78.2 Å². The molecular weight excluding hydrogens is 359 g/mol. The molecule has 0 aliphatic heterocycles. The lowest BCUT2D eigenvalue weighted by atomic mass is 9.94. The van der Waals surface area contributed by atoms with Gasteiger partial charge in [0.05, 0.1) is 11.0 Å². The molecule has 0 bridgehead atoms. The molecule has 0 aliphatic rings. The SMILES string of the molecule is [B]c1ccc2c(c1)c1ccc(C)cc1n2-c1ccc2c(n1)sc1ccccc12. The lowest BCUT2D eigenvalue weighted by Crippen LogP contribution is -2.01. The van der Waals surface area contributed by atoms with Gasteiger partial charge < -0.3 is 0 Å². The maximum atomic E-state index is 6.09. The highest BCUT2D eigenvalue weighted by molar-refractivity contribution is 7.25. The Bertz CT molecular complexity index is 1540. The Hall–Kier alpha value is -3.11. The van der Waals surface area contributed by atoms with Crippen LogP contribution in [0.25, 0.3) is 47.9 Å². The van der Waals surface area contributed by atoms with Crippen molar-refractivity contribution in [2.75, 3.05) is 0 Å². The van der Waals surface area contributed by atoms with Crippen LogP contribution in [0.5, 0.6) is 0 Å². The number of pyridine rings is 1. The van der Waals surface area contributed by atoms with Crippen molar-refractivity contribution in [1.29, 1.82) is 0 Å². The normalized spacial score (nSPS) is 11.9. The summed E-state index contributed by atoms with van der Waals surface area (Å²) in [7, 11) is 6.09. The third-order valence-corrected chi connectivity index (χ3v) is 6.48. The van der Waals surface area contributed by atoms with E-state index in [9.17, 15) is 0 Å². The first-order chi connectivity index (χ1) is 13.7. The van der Waals surface area contributed by atoms with E-state index < -0.39 is 0 Å². The van der Waals surface area contributed by atoms with Crippen molar-refractivity contribution < 1.29 is 0 Å². The molecule has 3 aromatic carbocycles. The van der Waals surface area contributed by atoms with Gasteiger partial charge in [-0.25, -0.2) is 4.98 Å². The Morgan fingerprint density at radius 1 is 0.786 bits per heavy atom. The van der Waals surface area contributed by atoms with Crippen molar-refractivity contribution in [3.8, 4) is 5.82 Å². The Labute approximate surface area is 167 Å². The van der Waals surface area contributed by atoms with E-state index in [0.29, 0.717) is 0 Å². The highest BCUT2D eigenvalue weighted by atomic mass is 32.1. The molecule has 3 aromatic heterocycles. The van der Waals surface area contributed by atoms with Crippen LogP contribution in [0.15, 0.2) is 72.8 Å². The molecular formula is C24H15BN2S. The molecule has 130 valence electrons. The summed E-state index contributed by atoms with van der Waals surface area (Å²) in [5.41, 5.74) is 4.30. The summed E-state index contributed by atoms with van der Waals surface area (Å²) in [6.07, 6.45) is 0. The van der Waals surface area contributed by atoms with Crippen molar-refractivity contribution in [3.63, 3.8) is 0 Å². The molecule has 0 saturated carbocycles. The summed E-state index contributed by atoms with van der Waals surface area (Å²) in [5.74, 6) is 0.939. The number of nitrogens with zero attached hydrogens (tertiary/aromatic N) is 2. The number of rotatable bonds is 1. The molecule has 2 nitrogen and oxygen atoms in total. The summed E-state index contributed by atoms with van der Waals surface area (Å²) in [5, 5.41) is 4.84. The van der Waals surface area contributed by atoms with Gasteiger partial charge in [-0.2, -0.15) is 0 Å². The quantitative estimate of drug-likeness (QED) is 0.340. The first kappa shape index (κ1) is 15.9. The molecule has 0 aliphatic carbocycles. The van der Waals surface area contributed by atoms with Gasteiger partial charge in [0.1, 0.15) is 18.5 Å². The highest BCUT2D eigenvalue weighted by Gasteiger charge is 2.15. The minimum atomic E-state index is 0.778. The zero-order valence-corrected chi connectivity index (χ0v) is 16.1. The number of benzene rings is 3. The van der Waals surface area contributed by atoms with Gasteiger partial charge >= 0.3 is 0 Å². The number of fused-ring (bicyclic) bond motifs is 6. The van der Waals surface area contributed by atoms with E-state index in [1.165, 1.54) is 26.4 Å². The maximum Gasteiger partial charge on any atom is 0.139 e. The van der Waals surface area contributed by atoms with E-state index in [1.54, 1.807) is 11.3 Å². The summed E-state index contributed by atoms with van der Waals surface area (Å²) in [6, 6.07) is 25.5. The van der Waals surface area contributed by atoms with Gasteiger partial charge in [-0.1, -0.05) is 47.9 Å². The minimum absolute atomic E-state index is 0.778. The first-order valence-corrected chi connectivity index (χ1v) is 10.1. The second-order valence-electron chi connectivity index (χ2n) is 7.25. The summed E-state index contributed by atoms with van der Waals surface area (Å²) in [6.45, 7) is 2.12. The molecule has 0 spiro atoms. The van der Waals surface area contributed by atoms with Crippen LogP contribution in [-0.4, -0.2) is 17.4 Å². The van der Waals surface area contributed by atoms with Gasteiger partial charge in [0.25, 0.3) is 0 Å². The Morgan fingerprint density at radius 2 is 1.64 bits per heavy atom. The molecule has 0 amide bonds. The third kappa shape index (κ3) is 2.18. The predicted molar refractivity (Wildman–Crippen MR) is 122 cm³/mol. The van der Waals surface area contributed by atoms with Crippen molar-refractivity contribution in [1.82, 2.24) is 9.55 Å². The fourth-order valence-corrected chi connectivity index (χ4v) is 5.19. The Balaban J connectivity index is 1.73. The molecule has 6 aromatic rings. The van der Waals surface area contributed by atoms with Gasteiger partial charge in [-0.3, -0.25) is 4.57 Å². The molecule has 2 radical (unpaired) electrons. The Kier molecular flexibility index (Phi) is 3.24. The molecule has 0 atom stereocenters. The summed E-state index contributed by atoms with van der Waals surface area (Å²) < 4.78 is 3.52. The fraction of sp³-hybridized carbons (Fsp3) is 0.0417. The fourth-order valence-electron chi connectivity index (χ4n) is 4.12. The zero-order valence-electron chi connectivity index (χ0n) is 15.3. The average molecular weight is 374 g/mol. The molecule has 4 heteroatoms. The van der Waals surface area contributed by atoms with Crippen LogP contribution in [0.3, 0.4) is 0 Å². The van der Waals surface area contributed by atoms with Crippen LogP contribution in [0.1, 0.15) is 5.56 Å². The van der Waals surface area contributed by atoms with Crippen LogP contribution in [0, 0.1) is 6.92 Å². The van der Waals surface area contributed by atoms with Gasteiger partial charge in [0, 0.05) is 26.2 Å². The van der Waals surface area contributed by atoms with Crippen molar-refractivity contribution in [2.45, 2.75) is 6.92 Å². The molecule has 0 fully saturated rings. The van der Waals surface area contributed by atoms with E-state index >= 15 is 0 Å². The van der Waals surface area contributed by atoms with Gasteiger partial charge in [0.2, 0.25) is 0 Å². The number of thiophene rings is 1. The lowest BCUT2D eigenvalue weighted by Gasteiger charge is -2.07. The van der Waals surface area contributed by atoms with Crippen LogP contribution in [0.4, 0.5) is 0 Å². The van der Waals surface area contributed by atoms with E-state index in [0.717, 1.165) is 32.5 Å². The number of hydrogen-bond donors (Lipinski definition) is 0. The van der Waals surface area contributed by atoms with Crippen molar-refractivity contribution in [2.24, 2.45) is 0 Å². The number of hydrogen-bond acceptors (Lipinski definition) is 2. The zero-order chi connectivity index (χ0) is 18.8. The lowest BCUT2D eigenvalue weighted by molar-refractivity contribution is 1.10. The molecule has 0 N–H and O–H groups in total. The standard InChI is InChI=1S/C24H15BN2S/c1-14-6-8-16-19-13-15(25)7-10-20(19)27(21(16)12-14)23-11-9-18-17-4-2-3-5-22(17)28-24(18)26-23/h2-13H,1H3. The second kappa shape index (κ2) is 5.70. The number of aryl methyl sites for hydroxylation is 1. The van der Waals surface area contributed by atoms with Crippen LogP contribution in [0.2, 0.25) is 0 Å². The topological polar surface area (TPSA) is 17.8 Å². The highest BCUT2D eigenvalue weighted by Crippen LogP contribution is 2.35. The molecule has 3 heterocycles. The molecule has 0 saturated heterocycles.